The molecule has 0 radical (unpaired) electrons. The van der Waals surface area contributed by atoms with Gasteiger partial charge in [0.1, 0.15) is 5.75 Å². The minimum atomic E-state index is -0.511. The normalized spacial score (nSPS) is 10.7. The number of rotatable bonds is 2. The van der Waals surface area contributed by atoms with E-state index in [1.807, 2.05) is 0 Å². The molecule has 5 nitrogen and oxygen atoms in total. The molecule has 2 heterocycles. The van der Waals surface area contributed by atoms with Crippen LogP contribution in [0.2, 0.25) is 0 Å². The van der Waals surface area contributed by atoms with Gasteiger partial charge >= 0.3 is 0 Å². The first kappa shape index (κ1) is 10.5. The van der Waals surface area contributed by atoms with Crippen molar-refractivity contribution in [3.63, 3.8) is 0 Å². The van der Waals surface area contributed by atoms with Crippen molar-refractivity contribution in [2.75, 3.05) is 5.73 Å². The van der Waals surface area contributed by atoms with Crippen molar-refractivity contribution in [2.24, 2.45) is 0 Å². The lowest BCUT2D eigenvalue weighted by molar-refractivity contribution is 0.446. The summed E-state index contributed by atoms with van der Waals surface area (Å²) in [4.78, 5) is 4.07. The standard InChI is InChI=1S/C12H9FN4O/c13-9-5-7(14)1-2-11(9)18-10-3-4-15-12-8(10)6-16-17-12/h1-6H,14H2,(H,15,16,17). The zero-order valence-electron chi connectivity index (χ0n) is 9.22. The number of nitrogens with zero attached hydrogens (tertiary/aromatic N) is 2. The molecule has 3 aromatic rings. The first-order valence-corrected chi connectivity index (χ1v) is 5.25. The second-order valence-electron chi connectivity index (χ2n) is 3.73. The number of hydrogen-bond acceptors (Lipinski definition) is 4. The lowest BCUT2D eigenvalue weighted by atomic mass is 10.3. The molecular formula is C12H9FN4O. The smallest absolute Gasteiger partial charge is 0.167 e. The second kappa shape index (κ2) is 3.99. The number of ether oxygens (including phenoxy) is 1. The number of nitrogens with two attached hydrogens (primary N) is 1. The number of anilines is 1. The fraction of sp³-hybridized carbons (Fsp3) is 0. The van der Waals surface area contributed by atoms with Gasteiger partial charge in [-0.05, 0) is 18.2 Å². The van der Waals surface area contributed by atoms with Crippen LogP contribution in [0.4, 0.5) is 10.1 Å². The molecular weight excluding hydrogens is 235 g/mol. The Balaban J connectivity index is 2.03. The van der Waals surface area contributed by atoms with E-state index < -0.39 is 5.82 Å². The monoisotopic (exact) mass is 244 g/mol. The molecule has 0 saturated heterocycles. The van der Waals surface area contributed by atoms with E-state index in [0.29, 0.717) is 22.5 Å². The van der Waals surface area contributed by atoms with Gasteiger partial charge in [-0.1, -0.05) is 0 Å². The molecule has 3 N–H and O–H groups in total. The Kier molecular flexibility index (Phi) is 2.33. The highest BCUT2D eigenvalue weighted by Gasteiger charge is 2.09. The summed E-state index contributed by atoms with van der Waals surface area (Å²) in [6.07, 6.45) is 3.14. The molecule has 0 aliphatic heterocycles. The number of halogens is 1. The van der Waals surface area contributed by atoms with Crippen LogP contribution in [0.15, 0.2) is 36.7 Å². The number of aromatic nitrogens is 3. The predicted molar refractivity (Wildman–Crippen MR) is 64.8 cm³/mol. The highest BCUT2D eigenvalue weighted by Crippen LogP contribution is 2.29. The largest absolute Gasteiger partial charge is 0.453 e. The highest BCUT2D eigenvalue weighted by atomic mass is 19.1. The molecule has 2 aromatic heterocycles. The van der Waals surface area contributed by atoms with E-state index in [1.54, 1.807) is 24.5 Å². The molecule has 0 amide bonds. The average molecular weight is 244 g/mol. The third kappa shape index (κ3) is 1.73. The van der Waals surface area contributed by atoms with Gasteiger partial charge in [0.05, 0.1) is 11.6 Å². The quantitative estimate of drug-likeness (QED) is 0.679. The highest BCUT2D eigenvalue weighted by molar-refractivity contribution is 5.81. The van der Waals surface area contributed by atoms with Crippen LogP contribution in [0.3, 0.4) is 0 Å². The average Bonchev–Trinajstić information content (AvgIpc) is 2.82. The summed E-state index contributed by atoms with van der Waals surface area (Å²) in [5.41, 5.74) is 6.41. The summed E-state index contributed by atoms with van der Waals surface area (Å²) in [7, 11) is 0. The zero-order chi connectivity index (χ0) is 12.5. The Hall–Kier alpha value is -2.63. The third-order valence-corrected chi connectivity index (χ3v) is 2.49. The van der Waals surface area contributed by atoms with E-state index in [-0.39, 0.29) is 5.75 Å². The van der Waals surface area contributed by atoms with Crippen molar-refractivity contribution < 1.29 is 9.13 Å². The lowest BCUT2D eigenvalue weighted by Crippen LogP contribution is -1.92. The molecule has 0 bridgehead atoms. The van der Waals surface area contributed by atoms with Gasteiger partial charge in [0.25, 0.3) is 0 Å². The van der Waals surface area contributed by atoms with Crippen LogP contribution in [-0.2, 0) is 0 Å². The van der Waals surface area contributed by atoms with Gasteiger partial charge in [-0.15, -0.1) is 0 Å². The topological polar surface area (TPSA) is 76.8 Å². The molecule has 0 fully saturated rings. The Morgan fingerprint density at radius 2 is 2.11 bits per heavy atom. The summed E-state index contributed by atoms with van der Waals surface area (Å²) in [5, 5.41) is 7.26. The van der Waals surface area contributed by atoms with Crippen LogP contribution in [0.1, 0.15) is 0 Å². The van der Waals surface area contributed by atoms with Gasteiger partial charge in [0, 0.05) is 18.0 Å². The Morgan fingerprint density at radius 3 is 2.94 bits per heavy atom. The summed E-state index contributed by atoms with van der Waals surface area (Å²) in [6.45, 7) is 0. The number of aromatic amines is 1. The first-order chi connectivity index (χ1) is 8.74. The SMILES string of the molecule is Nc1ccc(Oc2ccnc3[nH]ncc23)c(F)c1. The van der Waals surface area contributed by atoms with Crippen LogP contribution in [0, 0.1) is 5.82 Å². The number of pyridine rings is 1. The van der Waals surface area contributed by atoms with E-state index in [4.69, 9.17) is 10.5 Å². The molecule has 0 spiro atoms. The molecule has 6 heteroatoms. The molecule has 18 heavy (non-hydrogen) atoms. The summed E-state index contributed by atoms with van der Waals surface area (Å²) < 4.78 is 19.1. The maximum absolute atomic E-state index is 13.6. The van der Waals surface area contributed by atoms with Crippen LogP contribution >= 0.6 is 0 Å². The predicted octanol–water partition coefficient (Wildman–Crippen LogP) is 2.47. The van der Waals surface area contributed by atoms with Crippen LogP contribution in [0.25, 0.3) is 11.0 Å². The van der Waals surface area contributed by atoms with E-state index in [0.717, 1.165) is 0 Å². The van der Waals surface area contributed by atoms with Crippen molar-refractivity contribution in [3.8, 4) is 11.5 Å². The molecule has 1 aromatic carbocycles. The van der Waals surface area contributed by atoms with E-state index in [1.165, 1.54) is 12.1 Å². The maximum Gasteiger partial charge on any atom is 0.167 e. The van der Waals surface area contributed by atoms with Crippen LogP contribution in [0.5, 0.6) is 11.5 Å². The fourth-order valence-corrected chi connectivity index (χ4v) is 1.63. The van der Waals surface area contributed by atoms with Crippen molar-refractivity contribution in [2.45, 2.75) is 0 Å². The lowest BCUT2D eigenvalue weighted by Gasteiger charge is -2.07. The Morgan fingerprint density at radius 1 is 1.22 bits per heavy atom. The molecule has 0 aliphatic carbocycles. The van der Waals surface area contributed by atoms with Gasteiger partial charge in [-0.25, -0.2) is 9.37 Å². The zero-order valence-corrected chi connectivity index (χ0v) is 9.22. The summed E-state index contributed by atoms with van der Waals surface area (Å²) in [5.74, 6) is 0.0822. The van der Waals surface area contributed by atoms with Crippen molar-refractivity contribution >= 4 is 16.7 Å². The number of fused-ring (bicyclic) bond motifs is 1. The van der Waals surface area contributed by atoms with Gasteiger partial charge in [0.15, 0.2) is 17.2 Å². The molecule has 0 aliphatic rings. The summed E-state index contributed by atoms with van der Waals surface area (Å²) >= 11 is 0. The van der Waals surface area contributed by atoms with Crippen molar-refractivity contribution in [1.29, 1.82) is 0 Å². The van der Waals surface area contributed by atoms with E-state index in [2.05, 4.69) is 15.2 Å². The van der Waals surface area contributed by atoms with Gasteiger partial charge < -0.3 is 10.5 Å². The van der Waals surface area contributed by atoms with E-state index in [9.17, 15) is 4.39 Å². The van der Waals surface area contributed by atoms with Crippen molar-refractivity contribution in [3.05, 3.63) is 42.5 Å². The molecule has 0 saturated carbocycles. The fourth-order valence-electron chi connectivity index (χ4n) is 1.63. The minimum absolute atomic E-state index is 0.109. The Bertz CT molecular complexity index is 710. The van der Waals surface area contributed by atoms with Crippen LogP contribution < -0.4 is 10.5 Å². The van der Waals surface area contributed by atoms with Gasteiger partial charge in [0.2, 0.25) is 0 Å². The van der Waals surface area contributed by atoms with E-state index >= 15 is 0 Å². The number of nitrogen functional groups attached to an aromatic ring is 1. The third-order valence-electron chi connectivity index (χ3n) is 2.49. The maximum atomic E-state index is 13.6. The summed E-state index contributed by atoms with van der Waals surface area (Å²) in [6, 6.07) is 5.92. The molecule has 0 atom stereocenters. The number of H-pyrrole nitrogens is 1. The molecule has 90 valence electrons. The van der Waals surface area contributed by atoms with Gasteiger partial charge in [-0.3, -0.25) is 5.10 Å². The molecule has 3 rings (SSSR count). The van der Waals surface area contributed by atoms with Crippen molar-refractivity contribution in [1.82, 2.24) is 15.2 Å². The second-order valence-corrected chi connectivity index (χ2v) is 3.73. The minimum Gasteiger partial charge on any atom is -0.453 e. The van der Waals surface area contributed by atoms with Crippen LogP contribution in [-0.4, -0.2) is 15.2 Å². The Labute approximate surface area is 101 Å². The first-order valence-electron chi connectivity index (χ1n) is 5.25. The number of benzene rings is 1. The number of hydrogen-bond donors (Lipinski definition) is 2. The number of nitrogens with one attached hydrogen (secondary N) is 1. The molecule has 0 unspecified atom stereocenters. The van der Waals surface area contributed by atoms with Gasteiger partial charge in [-0.2, -0.15) is 5.10 Å².